The third-order valence-electron chi connectivity index (χ3n) is 4.09. The number of imide groups is 1. The number of rotatable bonds is 7. The molecule has 2 rings (SSSR count). The number of nitrogens with one attached hydrogen (secondary N) is 1. The Morgan fingerprint density at radius 2 is 1.62 bits per heavy atom. The molecule has 7 heteroatoms. The Bertz CT molecular complexity index is 906. The summed E-state index contributed by atoms with van der Waals surface area (Å²) >= 11 is 0. The van der Waals surface area contributed by atoms with Crippen LogP contribution in [0.3, 0.4) is 0 Å². The Balaban J connectivity index is 2.43. The van der Waals surface area contributed by atoms with E-state index in [1.54, 1.807) is 56.3 Å². The number of amides is 3. The monoisotopic (exact) mass is 396 g/mol. The molecule has 0 aliphatic carbocycles. The maximum atomic E-state index is 13.0. The standard InChI is InChI=1S/C22H24N2O5/c1-14(2)19(20(25)24-22(23)27)29-21(26)17(15-9-5-4-6-10-15)13-16-11-7-8-12-18(16)28-3/h4-14,19H,1-3H3,(H3,23,24,25,27)/b17-13+/t19-/m1/s1. The molecule has 0 aromatic heterocycles. The molecule has 7 nitrogen and oxygen atoms in total. The van der Waals surface area contributed by atoms with E-state index in [9.17, 15) is 14.4 Å². The zero-order valence-corrected chi connectivity index (χ0v) is 16.5. The minimum absolute atomic E-state index is 0.243. The summed E-state index contributed by atoms with van der Waals surface area (Å²) < 4.78 is 10.8. The molecule has 0 aliphatic heterocycles. The van der Waals surface area contributed by atoms with E-state index in [1.165, 1.54) is 7.11 Å². The van der Waals surface area contributed by atoms with Gasteiger partial charge in [0.15, 0.2) is 6.10 Å². The van der Waals surface area contributed by atoms with Crippen LogP contribution in [0.2, 0.25) is 0 Å². The van der Waals surface area contributed by atoms with Gasteiger partial charge in [-0.3, -0.25) is 10.1 Å². The minimum Gasteiger partial charge on any atom is -0.496 e. The fraction of sp³-hybridized carbons (Fsp3) is 0.227. The normalized spacial score (nSPS) is 12.2. The Labute approximate surface area is 169 Å². The molecular formula is C22H24N2O5. The summed E-state index contributed by atoms with van der Waals surface area (Å²) in [4.78, 5) is 36.3. The van der Waals surface area contributed by atoms with Crippen molar-refractivity contribution in [2.24, 2.45) is 11.7 Å². The van der Waals surface area contributed by atoms with Gasteiger partial charge in [0, 0.05) is 5.56 Å². The molecule has 0 unspecified atom stereocenters. The van der Waals surface area contributed by atoms with Crippen molar-refractivity contribution < 1.29 is 23.9 Å². The van der Waals surface area contributed by atoms with E-state index in [-0.39, 0.29) is 11.5 Å². The molecule has 0 fully saturated rings. The Kier molecular flexibility index (Phi) is 7.54. The van der Waals surface area contributed by atoms with Crippen molar-refractivity contribution in [3.05, 3.63) is 65.7 Å². The molecule has 3 N–H and O–H groups in total. The highest BCUT2D eigenvalue weighted by atomic mass is 16.5. The lowest BCUT2D eigenvalue weighted by Gasteiger charge is -2.21. The summed E-state index contributed by atoms with van der Waals surface area (Å²) in [6.07, 6.45) is 0.458. The van der Waals surface area contributed by atoms with E-state index in [0.717, 1.165) is 0 Å². The van der Waals surface area contributed by atoms with Gasteiger partial charge in [-0.2, -0.15) is 0 Å². The number of methoxy groups -OCH3 is 1. The molecule has 29 heavy (non-hydrogen) atoms. The van der Waals surface area contributed by atoms with Crippen LogP contribution in [0.15, 0.2) is 54.6 Å². The number of hydrogen-bond donors (Lipinski definition) is 2. The molecule has 0 spiro atoms. The van der Waals surface area contributed by atoms with Crippen LogP contribution in [0.1, 0.15) is 25.0 Å². The molecule has 2 aromatic rings. The quantitative estimate of drug-likeness (QED) is 0.425. The zero-order chi connectivity index (χ0) is 21.4. The number of ether oxygens (including phenoxy) is 2. The third kappa shape index (κ3) is 5.93. The van der Waals surface area contributed by atoms with Crippen LogP contribution in [-0.2, 0) is 14.3 Å². The number of urea groups is 1. The summed E-state index contributed by atoms with van der Waals surface area (Å²) in [5.41, 5.74) is 6.54. The molecule has 152 valence electrons. The molecule has 3 amide bonds. The van der Waals surface area contributed by atoms with Gasteiger partial charge in [-0.25, -0.2) is 9.59 Å². The number of hydrogen-bond acceptors (Lipinski definition) is 5. The molecule has 1 atom stereocenters. The van der Waals surface area contributed by atoms with Crippen molar-refractivity contribution in [2.45, 2.75) is 20.0 Å². The van der Waals surface area contributed by atoms with Crippen LogP contribution in [0.25, 0.3) is 11.6 Å². The summed E-state index contributed by atoms with van der Waals surface area (Å²) in [5, 5.41) is 1.96. The molecule has 0 aliphatic rings. The van der Waals surface area contributed by atoms with E-state index in [4.69, 9.17) is 15.2 Å². The first-order valence-electron chi connectivity index (χ1n) is 9.05. The van der Waals surface area contributed by atoms with Gasteiger partial charge in [-0.05, 0) is 23.6 Å². The van der Waals surface area contributed by atoms with Crippen LogP contribution >= 0.6 is 0 Å². The predicted molar refractivity (Wildman–Crippen MR) is 110 cm³/mol. The first-order valence-corrected chi connectivity index (χ1v) is 9.05. The van der Waals surface area contributed by atoms with Gasteiger partial charge < -0.3 is 15.2 Å². The van der Waals surface area contributed by atoms with Crippen LogP contribution in [0.4, 0.5) is 4.79 Å². The third-order valence-corrected chi connectivity index (χ3v) is 4.09. The highest BCUT2D eigenvalue weighted by Crippen LogP contribution is 2.26. The van der Waals surface area contributed by atoms with Crippen LogP contribution in [0, 0.1) is 5.92 Å². The van der Waals surface area contributed by atoms with E-state index in [2.05, 4.69) is 0 Å². The van der Waals surface area contributed by atoms with Crippen molar-refractivity contribution >= 4 is 29.6 Å². The van der Waals surface area contributed by atoms with Gasteiger partial charge in [0.2, 0.25) is 0 Å². The Morgan fingerprint density at radius 1 is 1.00 bits per heavy atom. The average Bonchev–Trinajstić information content (AvgIpc) is 2.70. The predicted octanol–water partition coefficient (Wildman–Crippen LogP) is 3.00. The van der Waals surface area contributed by atoms with Gasteiger partial charge in [0.1, 0.15) is 5.75 Å². The lowest BCUT2D eigenvalue weighted by Crippen LogP contribution is -2.45. The number of carbonyl (C=O) groups excluding carboxylic acids is 3. The number of primary amides is 1. The first-order chi connectivity index (χ1) is 13.8. The summed E-state index contributed by atoms with van der Waals surface area (Å²) in [6, 6.07) is 15.1. The summed E-state index contributed by atoms with van der Waals surface area (Å²) in [7, 11) is 1.54. The lowest BCUT2D eigenvalue weighted by atomic mass is 10.0. The second-order valence-corrected chi connectivity index (χ2v) is 6.59. The number of nitrogens with two attached hydrogens (primary N) is 1. The summed E-state index contributed by atoms with van der Waals surface area (Å²) in [5.74, 6) is -1.27. The Morgan fingerprint density at radius 3 is 2.21 bits per heavy atom. The minimum atomic E-state index is -1.18. The lowest BCUT2D eigenvalue weighted by molar-refractivity contribution is -0.152. The largest absolute Gasteiger partial charge is 0.496 e. The van der Waals surface area contributed by atoms with Crippen molar-refractivity contribution in [3.63, 3.8) is 0 Å². The van der Waals surface area contributed by atoms with Crippen LogP contribution < -0.4 is 15.8 Å². The SMILES string of the molecule is COc1ccccc1/C=C(/C(=O)O[C@@H](C(=O)NC(N)=O)C(C)C)c1ccccc1. The topological polar surface area (TPSA) is 108 Å². The smallest absolute Gasteiger partial charge is 0.339 e. The number of carbonyl (C=O) groups is 3. The van der Waals surface area contributed by atoms with Crippen LogP contribution in [-0.4, -0.2) is 31.1 Å². The van der Waals surface area contributed by atoms with Gasteiger partial charge in [-0.1, -0.05) is 62.4 Å². The summed E-state index contributed by atoms with van der Waals surface area (Å²) in [6.45, 7) is 3.40. The van der Waals surface area contributed by atoms with Crippen molar-refractivity contribution in [1.29, 1.82) is 0 Å². The molecule has 2 aromatic carbocycles. The van der Waals surface area contributed by atoms with Gasteiger partial charge in [0.05, 0.1) is 12.7 Å². The zero-order valence-electron chi connectivity index (χ0n) is 16.5. The van der Waals surface area contributed by atoms with Crippen molar-refractivity contribution in [3.8, 4) is 5.75 Å². The van der Waals surface area contributed by atoms with Gasteiger partial charge >= 0.3 is 12.0 Å². The van der Waals surface area contributed by atoms with E-state index < -0.39 is 24.0 Å². The highest BCUT2D eigenvalue weighted by molar-refractivity contribution is 6.22. The average molecular weight is 396 g/mol. The fourth-order valence-electron chi connectivity index (χ4n) is 2.68. The van der Waals surface area contributed by atoms with Gasteiger partial charge in [-0.15, -0.1) is 0 Å². The maximum Gasteiger partial charge on any atom is 0.339 e. The van der Waals surface area contributed by atoms with E-state index in [1.807, 2.05) is 23.5 Å². The second-order valence-electron chi connectivity index (χ2n) is 6.59. The van der Waals surface area contributed by atoms with Crippen molar-refractivity contribution in [2.75, 3.05) is 7.11 Å². The highest BCUT2D eigenvalue weighted by Gasteiger charge is 2.29. The van der Waals surface area contributed by atoms with E-state index in [0.29, 0.717) is 16.9 Å². The molecule has 0 heterocycles. The number of esters is 1. The number of benzene rings is 2. The second kappa shape index (κ2) is 10.1. The maximum absolute atomic E-state index is 13.0. The fourth-order valence-corrected chi connectivity index (χ4v) is 2.68. The molecule has 0 saturated heterocycles. The number of para-hydroxylation sites is 1. The van der Waals surface area contributed by atoms with Crippen LogP contribution in [0.5, 0.6) is 5.75 Å². The molecule has 0 saturated carbocycles. The Hall–Kier alpha value is -3.61. The molecule has 0 bridgehead atoms. The first kappa shape index (κ1) is 21.7. The van der Waals surface area contributed by atoms with Gasteiger partial charge in [0.25, 0.3) is 5.91 Å². The molecular weight excluding hydrogens is 372 g/mol. The van der Waals surface area contributed by atoms with Crippen molar-refractivity contribution in [1.82, 2.24) is 5.32 Å². The van der Waals surface area contributed by atoms with E-state index >= 15 is 0 Å². The molecule has 0 radical (unpaired) electrons.